The van der Waals surface area contributed by atoms with Crippen molar-refractivity contribution in [2.75, 3.05) is 19.0 Å². The third-order valence-electron chi connectivity index (χ3n) is 5.18. The second-order valence-corrected chi connectivity index (χ2v) is 7.18. The summed E-state index contributed by atoms with van der Waals surface area (Å²) in [6.45, 7) is 6.21. The van der Waals surface area contributed by atoms with Gasteiger partial charge in [0.25, 0.3) is 0 Å². The molecule has 0 radical (unpaired) electrons. The number of nitrogens with one attached hydrogen (secondary N) is 1. The first-order valence-electron chi connectivity index (χ1n) is 9.81. The summed E-state index contributed by atoms with van der Waals surface area (Å²) < 4.78 is 13.5. The van der Waals surface area contributed by atoms with Crippen molar-refractivity contribution in [1.29, 1.82) is 0 Å². The normalized spacial score (nSPS) is 15.8. The van der Waals surface area contributed by atoms with E-state index in [0.29, 0.717) is 23.7 Å². The lowest BCUT2D eigenvalue weighted by Gasteiger charge is -2.30. The Bertz CT molecular complexity index is 1110. The van der Waals surface area contributed by atoms with E-state index in [2.05, 4.69) is 16.8 Å². The summed E-state index contributed by atoms with van der Waals surface area (Å²) in [5.41, 5.74) is 4.32. The quantitative estimate of drug-likeness (QED) is 0.659. The second-order valence-electron chi connectivity index (χ2n) is 7.18. The van der Waals surface area contributed by atoms with Crippen LogP contribution in [0.3, 0.4) is 0 Å². The molecule has 4 rings (SSSR count). The highest BCUT2D eigenvalue weighted by atomic mass is 16.5. The second kappa shape index (κ2) is 7.62. The number of anilines is 1. The number of carbonyl (C=O) groups excluding carboxylic acids is 1. The molecule has 1 N–H and O–H groups in total. The van der Waals surface area contributed by atoms with Gasteiger partial charge in [-0.1, -0.05) is 25.1 Å². The highest BCUT2D eigenvalue weighted by Crippen LogP contribution is 2.41. The fraction of sp³-hybridized carbons (Fsp3) is 0.304. The molecule has 29 heavy (non-hydrogen) atoms. The monoisotopic (exact) mass is 391 g/mol. The van der Waals surface area contributed by atoms with Gasteiger partial charge in [-0.2, -0.15) is 0 Å². The number of aromatic nitrogens is 2. The number of ether oxygens (including phenoxy) is 2. The summed E-state index contributed by atoms with van der Waals surface area (Å²) in [5.74, 6) is 2.10. The summed E-state index contributed by atoms with van der Waals surface area (Å²) in [7, 11) is 1.63. The summed E-state index contributed by atoms with van der Waals surface area (Å²) in [6.07, 6.45) is 0.917. The molecule has 0 aliphatic carbocycles. The van der Waals surface area contributed by atoms with Crippen molar-refractivity contribution in [3.05, 3.63) is 59.3 Å². The largest absolute Gasteiger partial charge is 0.493 e. The first-order valence-corrected chi connectivity index (χ1v) is 9.81. The van der Waals surface area contributed by atoms with Crippen LogP contribution in [-0.4, -0.2) is 29.1 Å². The first-order chi connectivity index (χ1) is 14.0. The van der Waals surface area contributed by atoms with Gasteiger partial charge in [-0.25, -0.2) is 4.98 Å². The van der Waals surface area contributed by atoms with Crippen molar-refractivity contribution in [1.82, 2.24) is 9.55 Å². The average Bonchev–Trinajstić information content (AvgIpc) is 3.08. The molecule has 3 aromatic rings. The zero-order chi connectivity index (χ0) is 20.5. The van der Waals surface area contributed by atoms with Gasteiger partial charge < -0.3 is 14.8 Å². The van der Waals surface area contributed by atoms with Gasteiger partial charge in [0.05, 0.1) is 30.8 Å². The maximum Gasteiger partial charge on any atom is 0.209 e. The van der Waals surface area contributed by atoms with Gasteiger partial charge >= 0.3 is 0 Å². The van der Waals surface area contributed by atoms with Crippen LogP contribution in [0.2, 0.25) is 0 Å². The number of hydrogen-bond acceptors (Lipinski definition) is 5. The van der Waals surface area contributed by atoms with Crippen molar-refractivity contribution >= 4 is 22.8 Å². The molecular formula is C23H25N3O3. The molecule has 0 amide bonds. The molecule has 1 aliphatic heterocycles. The minimum Gasteiger partial charge on any atom is -0.493 e. The number of Topliss-reactive ketones (excluding diaryl/α,β-unsaturated/α-hetero) is 1. The Kier molecular flexibility index (Phi) is 5.01. The van der Waals surface area contributed by atoms with Gasteiger partial charge in [0.15, 0.2) is 17.3 Å². The lowest BCUT2D eigenvalue weighted by molar-refractivity contribution is -0.114. The number of imidazole rings is 1. The molecule has 0 saturated carbocycles. The van der Waals surface area contributed by atoms with E-state index in [-0.39, 0.29) is 11.8 Å². The maximum absolute atomic E-state index is 12.6. The number of nitrogens with zero attached hydrogens (tertiary/aromatic N) is 2. The van der Waals surface area contributed by atoms with Crippen LogP contribution >= 0.6 is 0 Å². The van der Waals surface area contributed by atoms with E-state index in [4.69, 9.17) is 14.5 Å². The summed E-state index contributed by atoms with van der Waals surface area (Å²) in [6, 6.07) is 13.5. The Morgan fingerprint density at radius 1 is 1.21 bits per heavy atom. The highest BCUT2D eigenvalue weighted by Gasteiger charge is 2.32. The zero-order valence-electron chi connectivity index (χ0n) is 17.2. The molecule has 150 valence electrons. The molecule has 1 aliphatic rings. The lowest BCUT2D eigenvalue weighted by atomic mass is 9.92. The molecule has 1 atom stereocenters. The summed E-state index contributed by atoms with van der Waals surface area (Å²) in [5, 5.41) is 3.30. The van der Waals surface area contributed by atoms with Crippen LogP contribution in [0.15, 0.2) is 53.7 Å². The number of allylic oxidation sites excluding steroid dienone is 2. The van der Waals surface area contributed by atoms with Crippen molar-refractivity contribution in [2.24, 2.45) is 0 Å². The fourth-order valence-electron chi connectivity index (χ4n) is 3.92. The van der Waals surface area contributed by atoms with Crippen molar-refractivity contribution < 1.29 is 14.3 Å². The Balaban J connectivity index is 1.92. The third-order valence-corrected chi connectivity index (χ3v) is 5.18. The smallest absolute Gasteiger partial charge is 0.209 e. The standard InChI is InChI=1S/C23H25N3O3/c1-5-12-29-19-11-10-16(13-20(19)28-4)22-21(15(3)27)14(2)24-23-25-17-8-6-7-9-18(17)26(22)23/h6-11,13,22H,5,12H2,1-4H3,(H,24,25)/t22-/m1/s1. The van der Waals surface area contributed by atoms with Gasteiger partial charge in [-0.05, 0) is 50.1 Å². The molecule has 0 fully saturated rings. The minimum atomic E-state index is -0.301. The van der Waals surface area contributed by atoms with E-state index in [1.54, 1.807) is 14.0 Å². The van der Waals surface area contributed by atoms with E-state index in [0.717, 1.165) is 34.7 Å². The Morgan fingerprint density at radius 3 is 2.72 bits per heavy atom. The Labute approximate surface area is 170 Å². The van der Waals surface area contributed by atoms with Crippen LogP contribution in [0.4, 0.5) is 5.95 Å². The van der Waals surface area contributed by atoms with Crippen LogP contribution in [0.1, 0.15) is 38.8 Å². The third kappa shape index (κ3) is 3.24. The number of benzene rings is 2. The van der Waals surface area contributed by atoms with E-state index < -0.39 is 0 Å². The van der Waals surface area contributed by atoms with E-state index >= 15 is 0 Å². The minimum absolute atomic E-state index is 0.0220. The number of hydrogen-bond donors (Lipinski definition) is 1. The summed E-state index contributed by atoms with van der Waals surface area (Å²) in [4.78, 5) is 17.4. The molecule has 1 aromatic heterocycles. The molecule has 0 saturated heterocycles. The first kappa shape index (κ1) is 19.1. The van der Waals surface area contributed by atoms with Crippen LogP contribution in [0.5, 0.6) is 11.5 Å². The molecule has 2 heterocycles. The van der Waals surface area contributed by atoms with Crippen molar-refractivity contribution in [3.63, 3.8) is 0 Å². The number of ketones is 1. The lowest BCUT2D eigenvalue weighted by Crippen LogP contribution is -2.27. The molecule has 6 heteroatoms. The summed E-state index contributed by atoms with van der Waals surface area (Å²) >= 11 is 0. The van der Waals surface area contributed by atoms with Crippen LogP contribution in [0.25, 0.3) is 11.0 Å². The molecular weight excluding hydrogens is 366 g/mol. The Morgan fingerprint density at radius 2 is 2.00 bits per heavy atom. The zero-order valence-corrected chi connectivity index (χ0v) is 17.2. The number of rotatable bonds is 6. The number of fused-ring (bicyclic) bond motifs is 3. The highest BCUT2D eigenvalue weighted by molar-refractivity contribution is 5.97. The van der Waals surface area contributed by atoms with Crippen LogP contribution < -0.4 is 14.8 Å². The van der Waals surface area contributed by atoms with Gasteiger partial charge in [-0.3, -0.25) is 9.36 Å². The van der Waals surface area contributed by atoms with Gasteiger partial charge in [-0.15, -0.1) is 0 Å². The predicted octanol–water partition coefficient (Wildman–Crippen LogP) is 4.71. The van der Waals surface area contributed by atoms with E-state index in [1.807, 2.05) is 49.4 Å². The van der Waals surface area contributed by atoms with Gasteiger partial charge in [0.2, 0.25) is 5.95 Å². The molecule has 0 unspecified atom stereocenters. The van der Waals surface area contributed by atoms with Crippen LogP contribution in [-0.2, 0) is 4.79 Å². The SMILES string of the molecule is CCCOc1ccc([C@@H]2C(C(C)=O)=C(C)Nc3nc4ccccc4n32)cc1OC. The maximum atomic E-state index is 12.6. The average molecular weight is 391 g/mol. The molecule has 0 spiro atoms. The molecule has 2 aromatic carbocycles. The number of carbonyl (C=O) groups is 1. The molecule has 0 bridgehead atoms. The van der Waals surface area contributed by atoms with E-state index in [9.17, 15) is 4.79 Å². The van der Waals surface area contributed by atoms with Crippen molar-refractivity contribution in [3.8, 4) is 11.5 Å². The van der Waals surface area contributed by atoms with Crippen molar-refractivity contribution in [2.45, 2.75) is 33.2 Å². The van der Waals surface area contributed by atoms with Gasteiger partial charge in [0, 0.05) is 11.3 Å². The number of para-hydroxylation sites is 2. The predicted molar refractivity (Wildman–Crippen MR) is 114 cm³/mol. The topological polar surface area (TPSA) is 65.4 Å². The van der Waals surface area contributed by atoms with E-state index in [1.165, 1.54) is 0 Å². The van der Waals surface area contributed by atoms with Crippen LogP contribution in [0, 0.1) is 0 Å². The molecule has 6 nitrogen and oxygen atoms in total. The van der Waals surface area contributed by atoms with Gasteiger partial charge in [0.1, 0.15) is 0 Å². The Hall–Kier alpha value is -3.28. The fourth-order valence-corrected chi connectivity index (χ4v) is 3.92. The number of methoxy groups -OCH3 is 1.